The first-order chi connectivity index (χ1) is 9.65. The van der Waals surface area contributed by atoms with Crippen molar-refractivity contribution < 1.29 is 8.42 Å². The average Bonchev–Trinajstić information content (AvgIpc) is 3.10. The summed E-state index contributed by atoms with van der Waals surface area (Å²) < 4.78 is 27.2. The predicted octanol–water partition coefficient (Wildman–Crippen LogP) is 1.70. The SMILES string of the molecule is O=S(=O)(N[C@H]1CCN(c2nccs2)C1)c1ccccc1. The zero-order chi connectivity index (χ0) is 14.0. The Morgan fingerprint density at radius 1 is 1.30 bits per heavy atom. The maximum atomic E-state index is 12.2. The smallest absolute Gasteiger partial charge is 0.240 e. The second-order valence-corrected chi connectivity index (χ2v) is 7.27. The molecule has 1 aromatic heterocycles. The van der Waals surface area contributed by atoms with Crippen LogP contribution >= 0.6 is 11.3 Å². The van der Waals surface area contributed by atoms with E-state index in [1.54, 1.807) is 47.9 Å². The number of benzene rings is 1. The highest BCUT2D eigenvalue weighted by molar-refractivity contribution is 7.89. The fourth-order valence-corrected chi connectivity index (χ4v) is 4.25. The van der Waals surface area contributed by atoms with Crippen molar-refractivity contribution in [1.29, 1.82) is 0 Å². The summed E-state index contributed by atoms with van der Waals surface area (Å²) in [5.74, 6) is 0. The quantitative estimate of drug-likeness (QED) is 0.934. The van der Waals surface area contributed by atoms with Crippen molar-refractivity contribution in [3.8, 4) is 0 Å². The highest BCUT2D eigenvalue weighted by Gasteiger charge is 2.28. The van der Waals surface area contributed by atoms with E-state index in [0.717, 1.165) is 18.1 Å². The molecule has 7 heteroatoms. The van der Waals surface area contributed by atoms with Crippen molar-refractivity contribution in [3.63, 3.8) is 0 Å². The molecular formula is C13H15N3O2S2. The van der Waals surface area contributed by atoms with Crippen LogP contribution in [0.3, 0.4) is 0 Å². The molecule has 0 amide bonds. The molecule has 1 fully saturated rings. The van der Waals surface area contributed by atoms with Gasteiger partial charge in [-0.2, -0.15) is 0 Å². The largest absolute Gasteiger partial charge is 0.346 e. The van der Waals surface area contributed by atoms with Crippen molar-refractivity contribution >= 4 is 26.5 Å². The Morgan fingerprint density at radius 3 is 2.80 bits per heavy atom. The number of rotatable bonds is 4. The van der Waals surface area contributed by atoms with E-state index in [9.17, 15) is 8.42 Å². The van der Waals surface area contributed by atoms with Crippen LogP contribution in [0.2, 0.25) is 0 Å². The molecule has 1 saturated heterocycles. The molecule has 1 aromatic carbocycles. The van der Waals surface area contributed by atoms with Gasteiger partial charge in [-0.3, -0.25) is 0 Å². The van der Waals surface area contributed by atoms with Gasteiger partial charge in [0, 0.05) is 30.7 Å². The van der Waals surface area contributed by atoms with Gasteiger partial charge < -0.3 is 4.90 Å². The lowest BCUT2D eigenvalue weighted by Crippen LogP contribution is -2.37. The van der Waals surface area contributed by atoms with Crippen molar-refractivity contribution in [3.05, 3.63) is 41.9 Å². The normalized spacial score (nSPS) is 19.4. The van der Waals surface area contributed by atoms with Gasteiger partial charge in [-0.15, -0.1) is 11.3 Å². The number of hydrogen-bond acceptors (Lipinski definition) is 5. The van der Waals surface area contributed by atoms with E-state index in [1.165, 1.54) is 0 Å². The molecule has 3 rings (SSSR count). The standard InChI is InChI=1S/C13H15N3O2S2/c17-20(18,12-4-2-1-3-5-12)15-11-6-8-16(10-11)13-14-7-9-19-13/h1-5,7,9,11,15H,6,8,10H2/t11-/m0/s1. The molecule has 1 aliphatic heterocycles. The number of hydrogen-bond donors (Lipinski definition) is 1. The maximum absolute atomic E-state index is 12.2. The van der Waals surface area contributed by atoms with Crippen LogP contribution in [0.25, 0.3) is 0 Å². The summed E-state index contributed by atoms with van der Waals surface area (Å²) in [5.41, 5.74) is 0. The van der Waals surface area contributed by atoms with E-state index in [2.05, 4.69) is 14.6 Å². The molecule has 1 N–H and O–H groups in total. The Kier molecular flexibility index (Phi) is 3.73. The van der Waals surface area contributed by atoms with Crippen LogP contribution in [-0.2, 0) is 10.0 Å². The lowest BCUT2D eigenvalue weighted by molar-refractivity contribution is 0.561. The molecule has 1 aliphatic rings. The second kappa shape index (κ2) is 5.51. The van der Waals surface area contributed by atoms with E-state index in [1.807, 2.05) is 5.38 Å². The van der Waals surface area contributed by atoms with Crippen LogP contribution in [0, 0.1) is 0 Å². The van der Waals surface area contributed by atoms with Gasteiger partial charge in [-0.1, -0.05) is 18.2 Å². The summed E-state index contributed by atoms with van der Waals surface area (Å²) in [4.78, 5) is 6.68. The van der Waals surface area contributed by atoms with E-state index in [4.69, 9.17) is 0 Å². The first-order valence-corrected chi connectivity index (χ1v) is 8.73. The Morgan fingerprint density at radius 2 is 2.10 bits per heavy atom. The van der Waals surface area contributed by atoms with Gasteiger partial charge in [0.2, 0.25) is 10.0 Å². The van der Waals surface area contributed by atoms with Gasteiger partial charge >= 0.3 is 0 Å². The van der Waals surface area contributed by atoms with Crippen LogP contribution in [0.4, 0.5) is 5.13 Å². The van der Waals surface area contributed by atoms with Gasteiger partial charge in [-0.25, -0.2) is 18.1 Å². The summed E-state index contributed by atoms with van der Waals surface area (Å²) in [6.07, 6.45) is 2.56. The summed E-state index contributed by atoms with van der Waals surface area (Å²) in [7, 11) is -3.43. The van der Waals surface area contributed by atoms with Crippen molar-refractivity contribution in [2.75, 3.05) is 18.0 Å². The number of sulfonamides is 1. The molecule has 0 spiro atoms. The van der Waals surface area contributed by atoms with Crippen molar-refractivity contribution in [2.45, 2.75) is 17.4 Å². The monoisotopic (exact) mass is 309 g/mol. The Bertz CT molecular complexity index is 656. The molecule has 0 bridgehead atoms. The van der Waals surface area contributed by atoms with Crippen LogP contribution in [0.1, 0.15) is 6.42 Å². The molecule has 2 aromatic rings. The fourth-order valence-electron chi connectivity index (χ4n) is 2.29. The zero-order valence-electron chi connectivity index (χ0n) is 10.8. The predicted molar refractivity (Wildman–Crippen MR) is 79.5 cm³/mol. The average molecular weight is 309 g/mol. The summed E-state index contributed by atoms with van der Waals surface area (Å²) in [5, 5.41) is 2.88. The first kappa shape index (κ1) is 13.5. The van der Waals surface area contributed by atoms with Crippen LogP contribution < -0.4 is 9.62 Å². The van der Waals surface area contributed by atoms with Gasteiger partial charge in [-0.05, 0) is 18.6 Å². The van der Waals surface area contributed by atoms with Crippen LogP contribution in [0.15, 0.2) is 46.8 Å². The Balaban J connectivity index is 1.68. The third-order valence-corrected chi connectivity index (χ3v) is 5.62. The fraction of sp³-hybridized carbons (Fsp3) is 0.308. The van der Waals surface area contributed by atoms with Crippen LogP contribution in [-0.4, -0.2) is 32.5 Å². The van der Waals surface area contributed by atoms with E-state index in [0.29, 0.717) is 11.4 Å². The topological polar surface area (TPSA) is 62.3 Å². The summed E-state index contributed by atoms with van der Waals surface area (Å²) >= 11 is 1.57. The van der Waals surface area contributed by atoms with Gasteiger partial charge in [0.1, 0.15) is 0 Å². The molecule has 0 saturated carbocycles. The summed E-state index contributed by atoms with van der Waals surface area (Å²) in [6.45, 7) is 1.50. The molecule has 106 valence electrons. The number of nitrogens with one attached hydrogen (secondary N) is 1. The minimum Gasteiger partial charge on any atom is -0.346 e. The third kappa shape index (κ3) is 2.84. The first-order valence-electron chi connectivity index (χ1n) is 6.37. The number of aromatic nitrogens is 1. The molecule has 5 nitrogen and oxygen atoms in total. The molecule has 0 aliphatic carbocycles. The zero-order valence-corrected chi connectivity index (χ0v) is 12.4. The van der Waals surface area contributed by atoms with Gasteiger partial charge in [0.25, 0.3) is 0 Å². The number of anilines is 1. The lowest BCUT2D eigenvalue weighted by atomic mass is 10.3. The Hall–Kier alpha value is -1.44. The third-order valence-electron chi connectivity index (χ3n) is 3.25. The highest BCUT2D eigenvalue weighted by Crippen LogP contribution is 2.23. The molecule has 2 heterocycles. The second-order valence-electron chi connectivity index (χ2n) is 4.68. The lowest BCUT2D eigenvalue weighted by Gasteiger charge is -2.15. The van der Waals surface area contributed by atoms with Gasteiger partial charge in [0.15, 0.2) is 5.13 Å². The summed E-state index contributed by atoms with van der Waals surface area (Å²) in [6, 6.07) is 8.41. The molecular weight excluding hydrogens is 294 g/mol. The minimum absolute atomic E-state index is 0.0656. The molecule has 0 unspecified atom stereocenters. The highest BCUT2D eigenvalue weighted by atomic mass is 32.2. The van der Waals surface area contributed by atoms with Crippen molar-refractivity contribution in [2.24, 2.45) is 0 Å². The molecule has 1 atom stereocenters. The molecule has 0 radical (unpaired) electrons. The van der Waals surface area contributed by atoms with Crippen LogP contribution in [0.5, 0.6) is 0 Å². The van der Waals surface area contributed by atoms with Crippen molar-refractivity contribution in [1.82, 2.24) is 9.71 Å². The van der Waals surface area contributed by atoms with E-state index in [-0.39, 0.29) is 6.04 Å². The number of nitrogens with zero attached hydrogens (tertiary/aromatic N) is 2. The number of thiazole rings is 1. The minimum atomic E-state index is -3.43. The van der Waals surface area contributed by atoms with E-state index >= 15 is 0 Å². The van der Waals surface area contributed by atoms with E-state index < -0.39 is 10.0 Å². The Labute approximate surface area is 122 Å². The van der Waals surface area contributed by atoms with Gasteiger partial charge in [0.05, 0.1) is 4.90 Å². The molecule has 20 heavy (non-hydrogen) atoms. The maximum Gasteiger partial charge on any atom is 0.240 e.